The van der Waals surface area contributed by atoms with Gasteiger partial charge in [-0.1, -0.05) is 5.16 Å². The molecule has 0 atom stereocenters. The number of nitrogens with zero attached hydrogens (tertiary/aromatic N) is 3. The Morgan fingerprint density at radius 1 is 1.22 bits per heavy atom. The van der Waals surface area contributed by atoms with Crippen LogP contribution in [0.4, 0.5) is 5.69 Å². The molecule has 7 heteroatoms. The molecule has 0 aliphatic carbocycles. The third kappa shape index (κ3) is 4.35. The molecular formula is C16H13IN4O2. The van der Waals surface area contributed by atoms with Crippen LogP contribution in [0.5, 0.6) is 0 Å². The van der Waals surface area contributed by atoms with Gasteiger partial charge in [0.25, 0.3) is 0 Å². The lowest BCUT2D eigenvalue weighted by molar-refractivity contribution is -0.116. The van der Waals surface area contributed by atoms with Gasteiger partial charge in [0.2, 0.25) is 17.6 Å². The monoisotopic (exact) mass is 420 g/mol. The van der Waals surface area contributed by atoms with Gasteiger partial charge in [-0.25, -0.2) is 0 Å². The fourth-order valence-corrected chi connectivity index (χ4v) is 2.31. The molecule has 2 aromatic heterocycles. The maximum absolute atomic E-state index is 11.9. The smallest absolute Gasteiger partial charge is 0.227 e. The number of anilines is 1. The standard InChI is InChI=1S/C16H13IN4O2/c17-12-3-5-13(6-4-12)19-14(22)7-8-15-20-16(21-23-15)11-2-1-9-18-10-11/h1-6,9-10H,7-8H2,(H,19,22). The molecule has 0 saturated carbocycles. The summed E-state index contributed by atoms with van der Waals surface area (Å²) in [4.78, 5) is 20.2. The van der Waals surface area contributed by atoms with Gasteiger partial charge in [-0.05, 0) is 59.0 Å². The summed E-state index contributed by atoms with van der Waals surface area (Å²) in [7, 11) is 0. The van der Waals surface area contributed by atoms with E-state index in [0.29, 0.717) is 18.1 Å². The highest BCUT2D eigenvalue weighted by Crippen LogP contribution is 2.15. The Kier molecular flexibility index (Phi) is 4.96. The summed E-state index contributed by atoms with van der Waals surface area (Å²) in [6.45, 7) is 0. The largest absolute Gasteiger partial charge is 0.339 e. The molecule has 0 saturated heterocycles. The van der Waals surface area contributed by atoms with E-state index in [-0.39, 0.29) is 12.3 Å². The molecule has 1 amide bonds. The first-order chi connectivity index (χ1) is 11.2. The van der Waals surface area contributed by atoms with Crippen molar-refractivity contribution in [3.8, 4) is 11.4 Å². The van der Waals surface area contributed by atoms with Crippen molar-refractivity contribution in [3.63, 3.8) is 0 Å². The molecule has 3 aromatic rings. The molecule has 0 unspecified atom stereocenters. The van der Waals surface area contributed by atoms with E-state index < -0.39 is 0 Å². The van der Waals surface area contributed by atoms with Crippen LogP contribution >= 0.6 is 22.6 Å². The van der Waals surface area contributed by atoms with E-state index in [0.717, 1.165) is 14.8 Å². The van der Waals surface area contributed by atoms with Crippen LogP contribution in [-0.2, 0) is 11.2 Å². The second-order valence-corrected chi connectivity index (χ2v) is 6.05. The van der Waals surface area contributed by atoms with Crippen LogP contribution < -0.4 is 5.32 Å². The molecule has 0 bridgehead atoms. The average Bonchev–Trinajstić information content (AvgIpc) is 3.05. The minimum absolute atomic E-state index is 0.0904. The number of amides is 1. The maximum Gasteiger partial charge on any atom is 0.227 e. The zero-order chi connectivity index (χ0) is 16.1. The van der Waals surface area contributed by atoms with Gasteiger partial charge in [-0.2, -0.15) is 4.98 Å². The van der Waals surface area contributed by atoms with Crippen LogP contribution in [0.3, 0.4) is 0 Å². The molecule has 1 N–H and O–H groups in total. The molecule has 0 aliphatic heterocycles. The molecule has 0 radical (unpaired) electrons. The van der Waals surface area contributed by atoms with Gasteiger partial charge in [0.15, 0.2) is 0 Å². The highest BCUT2D eigenvalue weighted by atomic mass is 127. The van der Waals surface area contributed by atoms with Gasteiger partial charge in [0, 0.05) is 40.1 Å². The van der Waals surface area contributed by atoms with E-state index in [9.17, 15) is 4.79 Å². The van der Waals surface area contributed by atoms with Gasteiger partial charge >= 0.3 is 0 Å². The molecule has 23 heavy (non-hydrogen) atoms. The lowest BCUT2D eigenvalue weighted by Gasteiger charge is -2.03. The van der Waals surface area contributed by atoms with E-state index in [1.807, 2.05) is 30.3 Å². The Balaban J connectivity index is 1.55. The first-order valence-corrected chi connectivity index (χ1v) is 8.07. The van der Waals surface area contributed by atoms with Gasteiger partial charge in [-0.15, -0.1) is 0 Å². The second-order valence-electron chi connectivity index (χ2n) is 4.81. The summed E-state index contributed by atoms with van der Waals surface area (Å²) in [6.07, 6.45) is 4.02. The number of hydrogen-bond donors (Lipinski definition) is 1. The van der Waals surface area contributed by atoms with Crippen molar-refractivity contribution < 1.29 is 9.32 Å². The average molecular weight is 420 g/mol. The quantitative estimate of drug-likeness (QED) is 0.641. The highest BCUT2D eigenvalue weighted by molar-refractivity contribution is 14.1. The van der Waals surface area contributed by atoms with Gasteiger partial charge in [-0.3, -0.25) is 9.78 Å². The van der Waals surface area contributed by atoms with Crippen molar-refractivity contribution in [1.82, 2.24) is 15.1 Å². The van der Waals surface area contributed by atoms with E-state index in [2.05, 4.69) is 43.0 Å². The van der Waals surface area contributed by atoms with Gasteiger partial charge in [0.1, 0.15) is 0 Å². The number of nitrogens with one attached hydrogen (secondary N) is 1. The fourth-order valence-electron chi connectivity index (χ4n) is 1.95. The van der Waals surface area contributed by atoms with Gasteiger partial charge in [0.05, 0.1) is 0 Å². The topological polar surface area (TPSA) is 80.9 Å². The zero-order valence-corrected chi connectivity index (χ0v) is 14.2. The minimum Gasteiger partial charge on any atom is -0.339 e. The Hall–Kier alpha value is -2.29. The molecule has 0 aliphatic rings. The number of benzene rings is 1. The van der Waals surface area contributed by atoms with E-state index in [1.165, 1.54) is 0 Å². The Morgan fingerprint density at radius 2 is 2.04 bits per heavy atom. The summed E-state index contributed by atoms with van der Waals surface area (Å²) >= 11 is 2.22. The molecule has 2 heterocycles. The number of halogens is 1. The number of aromatic nitrogens is 3. The lowest BCUT2D eigenvalue weighted by Crippen LogP contribution is -2.12. The summed E-state index contributed by atoms with van der Waals surface area (Å²) in [6, 6.07) is 11.3. The Morgan fingerprint density at radius 3 is 2.78 bits per heavy atom. The number of pyridine rings is 1. The van der Waals surface area contributed by atoms with Crippen LogP contribution in [0.25, 0.3) is 11.4 Å². The maximum atomic E-state index is 11.9. The van der Waals surface area contributed by atoms with Crippen molar-refractivity contribution in [1.29, 1.82) is 0 Å². The number of rotatable bonds is 5. The first kappa shape index (κ1) is 15.6. The summed E-state index contributed by atoms with van der Waals surface area (Å²) in [5.74, 6) is 0.820. The minimum atomic E-state index is -0.0904. The summed E-state index contributed by atoms with van der Waals surface area (Å²) in [5, 5.41) is 6.74. The second kappa shape index (κ2) is 7.32. The number of carbonyl (C=O) groups excluding carboxylic acids is 1. The predicted octanol–water partition coefficient (Wildman–Crippen LogP) is 3.31. The van der Waals surface area contributed by atoms with Crippen LogP contribution in [0.1, 0.15) is 12.3 Å². The first-order valence-electron chi connectivity index (χ1n) is 6.99. The lowest BCUT2D eigenvalue weighted by atomic mass is 10.2. The van der Waals surface area contributed by atoms with E-state index in [1.54, 1.807) is 18.5 Å². The van der Waals surface area contributed by atoms with Gasteiger partial charge < -0.3 is 9.84 Å². The normalized spacial score (nSPS) is 10.5. The molecule has 1 aromatic carbocycles. The molecule has 0 fully saturated rings. The molecule has 116 valence electrons. The van der Waals surface area contributed by atoms with Crippen molar-refractivity contribution >= 4 is 34.2 Å². The third-order valence-corrected chi connectivity index (χ3v) is 3.80. The van der Waals surface area contributed by atoms with Crippen LogP contribution in [0.15, 0.2) is 53.3 Å². The zero-order valence-electron chi connectivity index (χ0n) is 12.1. The van der Waals surface area contributed by atoms with Crippen molar-refractivity contribution in [2.45, 2.75) is 12.8 Å². The Bertz CT molecular complexity index is 787. The predicted molar refractivity (Wildman–Crippen MR) is 93.6 cm³/mol. The van der Waals surface area contributed by atoms with Crippen molar-refractivity contribution in [3.05, 3.63) is 58.3 Å². The van der Waals surface area contributed by atoms with E-state index >= 15 is 0 Å². The van der Waals surface area contributed by atoms with Crippen molar-refractivity contribution in [2.24, 2.45) is 0 Å². The third-order valence-electron chi connectivity index (χ3n) is 3.08. The molecule has 3 rings (SSSR count). The SMILES string of the molecule is O=C(CCc1nc(-c2cccnc2)no1)Nc1ccc(I)cc1. The Labute approximate surface area is 146 Å². The van der Waals surface area contributed by atoms with E-state index in [4.69, 9.17) is 4.52 Å². The number of carbonyl (C=O) groups is 1. The van der Waals surface area contributed by atoms with Crippen LogP contribution in [0.2, 0.25) is 0 Å². The molecule has 0 spiro atoms. The van der Waals surface area contributed by atoms with Crippen LogP contribution in [0, 0.1) is 3.57 Å². The highest BCUT2D eigenvalue weighted by Gasteiger charge is 2.10. The van der Waals surface area contributed by atoms with Crippen molar-refractivity contribution in [2.75, 3.05) is 5.32 Å². The molecular weight excluding hydrogens is 407 g/mol. The molecule has 6 nitrogen and oxygen atoms in total. The van der Waals surface area contributed by atoms with Crippen LogP contribution in [-0.4, -0.2) is 21.0 Å². The summed E-state index contributed by atoms with van der Waals surface area (Å²) in [5.41, 5.74) is 1.56. The summed E-state index contributed by atoms with van der Waals surface area (Å²) < 4.78 is 6.29. The number of aryl methyl sites for hydroxylation is 1. The number of hydrogen-bond acceptors (Lipinski definition) is 5. The fraction of sp³-hybridized carbons (Fsp3) is 0.125.